The lowest BCUT2D eigenvalue weighted by Crippen LogP contribution is -2.41. The molecule has 0 bridgehead atoms. The zero-order chi connectivity index (χ0) is 17.0. The number of rotatable bonds is 6. The Morgan fingerprint density at radius 3 is 2.65 bits per heavy atom. The molecule has 6 nitrogen and oxygen atoms in total. The average molecular weight is 316 g/mol. The van der Waals surface area contributed by atoms with Gasteiger partial charge in [-0.3, -0.25) is 14.0 Å². The van der Waals surface area contributed by atoms with Crippen LogP contribution in [0.5, 0.6) is 0 Å². The first-order chi connectivity index (χ1) is 10.9. The van der Waals surface area contributed by atoms with Crippen molar-refractivity contribution in [1.29, 1.82) is 0 Å². The Bertz CT molecular complexity index is 737. The normalized spacial score (nSPS) is 11.4. The van der Waals surface area contributed by atoms with Crippen molar-refractivity contribution >= 4 is 11.6 Å². The maximum absolute atomic E-state index is 12.8. The van der Waals surface area contributed by atoms with E-state index in [0.29, 0.717) is 24.7 Å². The summed E-state index contributed by atoms with van der Waals surface area (Å²) in [6.45, 7) is 6.06. The van der Waals surface area contributed by atoms with Crippen LogP contribution < -0.4 is 5.56 Å². The number of carbonyl (C=O) groups excluding carboxylic acids is 1. The Labute approximate surface area is 136 Å². The highest BCUT2D eigenvalue weighted by Gasteiger charge is 2.21. The number of hydrogen-bond donors (Lipinski definition) is 0. The first-order valence-electron chi connectivity index (χ1n) is 7.80. The quantitative estimate of drug-likeness (QED) is 0.807. The highest BCUT2D eigenvalue weighted by molar-refractivity contribution is 5.93. The second-order valence-electron chi connectivity index (χ2n) is 6.35. The molecule has 0 radical (unpaired) electrons. The fourth-order valence-corrected chi connectivity index (χ4v) is 2.38. The lowest BCUT2D eigenvalue weighted by Gasteiger charge is -2.26. The largest absolute Gasteiger partial charge is 0.337 e. The summed E-state index contributed by atoms with van der Waals surface area (Å²) in [7, 11) is 3.93. The molecule has 0 saturated carbocycles. The molecule has 0 saturated heterocycles. The Morgan fingerprint density at radius 2 is 2.00 bits per heavy atom. The number of hydrogen-bond acceptors (Lipinski definition) is 4. The molecular formula is C17H24N4O2. The summed E-state index contributed by atoms with van der Waals surface area (Å²) in [5.41, 5.74) is 0.338. The van der Waals surface area contributed by atoms with Gasteiger partial charge >= 0.3 is 0 Å². The summed E-state index contributed by atoms with van der Waals surface area (Å²) in [4.78, 5) is 33.4. The molecule has 0 aliphatic carbocycles. The van der Waals surface area contributed by atoms with Gasteiger partial charge < -0.3 is 9.80 Å². The van der Waals surface area contributed by atoms with Crippen LogP contribution >= 0.6 is 0 Å². The van der Waals surface area contributed by atoms with Gasteiger partial charge in [0.1, 0.15) is 11.2 Å². The maximum atomic E-state index is 12.8. The van der Waals surface area contributed by atoms with E-state index in [-0.39, 0.29) is 17.0 Å². The number of pyridine rings is 1. The fourth-order valence-electron chi connectivity index (χ4n) is 2.38. The first-order valence-corrected chi connectivity index (χ1v) is 7.80. The van der Waals surface area contributed by atoms with Gasteiger partial charge in [0.25, 0.3) is 11.5 Å². The second-order valence-corrected chi connectivity index (χ2v) is 6.35. The third-order valence-corrected chi connectivity index (χ3v) is 3.53. The molecule has 2 heterocycles. The van der Waals surface area contributed by atoms with Gasteiger partial charge in [-0.15, -0.1) is 0 Å². The summed E-state index contributed by atoms with van der Waals surface area (Å²) in [6.07, 6.45) is 3.02. The molecule has 0 N–H and O–H groups in total. The van der Waals surface area contributed by atoms with Crippen molar-refractivity contribution in [2.75, 3.05) is 33.7 Å². The summed E-state index contributed by atoms with van der Waals surface area (Å²) >= 11 is 0. The van der Waals surface area contributed by atoms with Crippen molar-refractivity contribution in [2.24, 2.45) is 5.92 Å². The molecule has 0 atom stereocenters. The van der Waals surface area contributed by atoms with Gasteiger partial charge in [0.15, 0.2) is 0 Å². The van der Waals surface area contributed by atoms with Crippen LogP contribution in [0, 0.1) is 5.92 Å². The summed E-state index contributed by atoms with van der Waals surface area (Å²) in [5, 5.41) is 0. The van der Waals surface area contributed by atoms with Crippen molar-refractivity contribution in [3.8, 4) is 0 Å². The van der Waals surface area contributed by atoms with Crippen LogP contribution in [0.3, 0.4) is 0 Å². The van der Waals surface area contributed by atoms with E-state index in [1.54, 1.807) is 23.2 Å². The summed E-state index contributed by atoms with van der Waals surface area (Å²) < 4.78 is 1.41. The number of likely N-dealkylation sites (N-methyl/N-ethyl adjacent to an activating group) is 1. The topological polar surface area (TPSA) is 57.9 Å². The molecule has 0 spiro atoms. The van der Waals surface area contributed by atoms with E-state index in [9.17, 15) is 9.59 Å². The van der Waals surface area contributed by atoms with Crippen LogP contribution in [0.15, 0.2) is 35.4 Å². The van der Waals surface area contributed by atoms with Crippen LogP contribution in [0.2, 0.25) is 0 Å². The van der Waals surface area contributed by atoms with Gasteiger partial charge in [-0.1, -0.05) is 19.9 Å². The molecule has 0 aliphatic rings. The Balaban J connectivity index is 2.35. The van der Waals surface area contributed by atoms with Crippen LogP contribution in [0.4, 0.5) is 0 Å². The average Bonchev–Trinajstić information content (AvgIpc) is 2.51. The highest BCUT2D eigenvalue weighted by Crippen LogP contribution is 2.06. The third kappa shape index (κ3) is 4.16. The molecule has 0 fully saturated rings. The van der Waals surface area contributed by atoms with Crippen molar-refractivity contribution in [3.63, 3.8) is 0 Å². The first kappa shape index (κ1) is 17.1. The van der Waals surface area contributed by atoms with Crippen molar-refractivity contribution in [3.05, 3.63) is 46.5 Å². The van der Waals surface area contributed by atoms with Gasteiger partial charge in [0.2, 0.25) is 0 Å². The SMILES string of the molecule is CC(C)CN(CCN(C)C)C(=O)c1cnc2ccccn2c1=O. The molecular weight excluding hydrogens is 292 g/mol. The Kier molecular flexibility index (Phi) is 5.50. The molecule has 0 aliphatic heterocycles. The molecule has 2 aromatic heterocycles. The molecule has 6 heteroatoms. The van der Waals surface area contributed by atoms with Gasteiger partial charge in [0, 0.05) is 32.0 Å². The van der Waals surface area contributed by atoms with Crippen molar-refractivity contribution in [1.82, 2.24) is 19.2 Å². The zero-order valence-electron chi connectivity index (χ0n) is 14.2. The molecule has 23 heavy (non-hydrogen) atoms. The minimum absolute atomic E-state index is 0.119. The maximum Gasteiger partial charge on any atom is 0.270 e. The van der Waals surface area contributed by atoms with Crippen LogP contribution in [-0.4, -0.2) is 58.8 Å². The molecule has 0 unspecified atom stereocenters. The predicted octanol–water partition coefficient (Wildman–Crippen LogP) is 1.35. The number of aromatic nitrogens is 2. The highest BCUT2D eigenvalue weighted by atomic mass is 16.2. The number of fused-ring (bicyclic) bond motifs is 1. The second kappa shape index (κ2) is 7.37. The van der Waals surface area contributed by atoms with E-state index in [0.717, 1.165) is 6.54 Å². The van der Waals surface area contributed by atoms with Crippen molar-refractivity contribution < 1.29 is 4.79 Å². The molecule has 124 valence electrons. The van der Waals surface area contributed by atoms with E-state index in [4.69, 9.17) is 0 Å². The van der Waals surface area contributed by atoms with Gasteiger partial charge in [-0.25, -0.2) is 4.98 Å². The van der Waals surface area contributed by atoms with E-state index in [1.165, 1.54) is 10.6 Å². The van der Waals surface area contributed by atoms with E-state index >= 15 is 0 Å². The van der Waals surface area contributed by atoms with Crippen molar-refractivity contribution in [2.45, 2.75) is 13.8 Å². The molecule has 2 aromatic rings. The minimum atomic E-state index is -0.320. The molecule has 1 amide bonds. The minimum Gasteiger partial charge on any atom is -0.337 e. The van der Waals surface area contributed by atoms with Crippen LogP contribution in [0.25, 0.3) is 5.65 Å². The third-order valence-electron chi connectivity index (χ3n) is 3.53. The standard InChI is InChI=1S/C17H24N4O2/c1-13(2)12-20(10-9-19(3)4)16(22)14-11-18-15-7-5-6-8-21(15)17(14)23/h5-8,11,13H,9-10,12H2,1-4H3. The number of amides is 1. The number of carbonyl (C=O) groups is 1. The number of nitrogens with zero attached hydrogens (tertiary/aromatic N) is 4. The Hall–Kier alpha value is -2.21. The smallest absolute Gasteiger partial charge is 0.270 e. The summed E-state index contributed by atoms with van der Waals surface area (Å²) in [5.74, 6) is 0.0774. The van der Waals surface area contributed by atoms with Gasteiger partial charge in [-0.2, -0.15) is 0 Å². The van der Waals surface area contributed by atoms with E-state index < -0.39 is 0 Å². The fraction of sp³-hybridized carbons (Fsp3) is 0.471. The molecule has 0 aromatic carbocycles. The Morgan fingerprint density at radius 1 is 1.26 bits per heavy atom. The summed E-state index contributed by atoms with van der Waals surface area (Å²) in [6, 6.07) is 5.31. The van der Waals surface area contributed by atoms with Gasteiger partial charge in [0.05, 0.1) is 0 Å². The lowest BCUT2D eigenvalue weighted by atomic mass is 10.2. The zero-order valence-corrected chi connectivity index (χ0v) is 14.2. The van der Waals surface area contributed by atoms with E-state index in [1.807, 2.05) is 25.1 Å². The van der Waals surface area contributed by atoms with Crippen LogP contribution in [0.1, 0.15) is 24.2 Å². The van der Waals surface area contributed by atoms with E-state index in [2.05, 4.69) is 18.8 Å². The lowest BCUT2D eigenvalue weighted by molar-refractivity contribution is 0.0722. The van der Waals surface area contributed by atoms with Crippen LogP contribution in [-0.2, 0) is 0 Å². The predicted molar refractivity (Wildman–Crippen MR) is 90.8 cm³/mol. The molecule has 2 rings (SSSR count). The van der Waals surface area contributed by atoms with Gasteiger partial charge in [-0.05, 0) is 32.1 Å². The monoisotopic (exact) mass is 316 g/mol.